The van der Waals surface area contributed by atoms with Gasteiger partial charge in [-0.05, 0) is 39.5 Å². The number of imidazole rings is 1. The Kier molecular flexibility index (Phi) is 4.03. The van der Waals surface area contributed by atoms with Crippen LogP contribution in [-0.4, -0.2) is 59.4 Å². The van der Waals surface area contributed by atoms with Gasteiger partial charge in [0.25, 0.3) is 0 Å². The quantitative estimate of drug-likeness (QED) is 0.679. The molecule has 2 aliphatic carbocycles. The molecule has 0 bridgehead atoms. The first-order valence-electron chi connectivity index (χ1n) is 11.1. The van der Waals surface area contributed by atoms with Gasteiger partial charge in [-0.25, -0.2) is 24.9 Å². The first-order chi connectivity index (χ1) is 15.1. The maximum absolute atomic E-state index is 12.6. The van der Waals surface area contributed by atoms with Crippen LogP contribution < -0.4 is 5.32 Å². The molecule has 1 atom stereocenters. The van der Waals surface area contributed by atoms with Crippen molar-refractivity contribution in [2.75, 3.05) is 18.4 Å². The number of likely N-dealkylation sites (tertiary alicyclic amines) is 1. The van der Waals surface area contributed by atoms with Gasteiger partial charge >= 0.3 is 0 Å². The van der Waals surface area contributed by atoms with Crippen molar-refractivity contribution < 1.29 is 4.79 Å². The van der Waals surface area contributed by atoms with Crippen molar-refractivity contribution in [1.29, 1.82) is 0 Å². The summed E-state index contributed by atoms with van der Waals surface area (Å²) in [6.07, 6.45) is 9.60. The van der Waals surface area contributed by atoms with Crippen molar-refractivity contribution in [3.63, 3.8) is 0 Å². The molecule has 6 rings (SSSR count). The summed E-state index contributed by atoms with van der Waals surface area (Å²) >= 11 is 0. The van der Waals surface area contributed by atoms with Crippen LogP contribution in [-0.2, 0) is 11.3 Å². The minimum Gasteiger partial charge on any atom is -0.363 e. The molecule has 1 aliphatic heterocycles. The number of carbonyl (C=O) groups excluding carboxylic acids is 1. The number of nitrogens with zero attached hydrogens (tertiary/aromatic N) is 7. The normalized spacial score (nSPS) is 21.7. The first kappa shape index (κ1) is 18.7. The van der Waals surface area contributed by atoms with Crippen LogP contribution in [0.25, 0.3) is 22.6 Å². The van der Waals surface area contributed by atoms with Crippen LogP contribution in [0.15, 0.2) is 18.7 Å². The summed E-state index contributed by atoms with van der Waals surface area (Å²) in [7, 11) is 0. The van der Waals surface area contributed by atoms with E-state index < -0.39 is 0 Å². The zero-order chi connectivity index (χ0) is 21.2. The van der Waals surface area contributed by atoms with Crippen molar-refractivity contribution >= 4 is 22.9 Å². The Morgan fingerprint density at radius 2 is 1.97 bits per heavy atom. The largest absolute Gasteiger partial charge is 0.363 e. The Hall–Kier alpha value is -3.10. The first-order valence-corrected chi connectivity index (χ1v) is 11.1. The van der Waals surface area contributed by atoms with E-state index in [2.05, 4.69) is 41.6 Å². The van der Waals surface area contributed by atoms with Crippen LogP contribution in [0, 0.1) is 18.3 Å². The van der Waals surface area contributed by atoms with Crippen molar-refractivity contribution in [1.82, 2.24) is 34.4 Å². The van der Waals surface area contributed by atoms with Gasteiger partial charge < -0.3 is 14.8 Å². The molecule has 9 heteroatoms. The Labute approximate surface area is 180 Å². The third kappa shape index (κ3) is 3.05. The van der Waals surface area contributed by atoms with Gasteiger partial charge in [0, 0.05) is 43.4 Å². The number of fused-ring (bicyclic) bond motifs is 1. The molecule has 3 aromatic rings. The number of rotatable bonds is 5. The van der Waals surface area contributed by atoms with Gasteiger partial charge in [0.1, 0.15) is 18.0 Å². The molecule has 1 unspecified atom stereocenters. The van der Waals surface area contributed by atoms with E-state index in [0.29, 0.717) is 5.91 Å². The van der Waals surface area contributed by atoms with Gasteiger partial charge in [-0.15, -0.1) is 0 Å². The third-order valence-electron chi connectivity index (χ3n) is 6.98. The van der Waals surface area contributed by atoms with Crippen molar-refractivity contribution in [2.24, 2.45) is 11.3 Å². The highest BCUT2D eigenvalue weighted by atomic mass is 16.2. The third-order valence-corrected chi connectivity index (χ3v) is 6.98. The number of anilines is 1. The smallest absolute Gasteiger partial charge is 0.225 e. The second kappa shape index (κ2) is 6.70. The predicted octanol–water partition coefficient (Wildman–Crippen LogP) is 2.42. The van der Waals surface area contributed by atoms with Gasteiger partial charge in [0.2, 0.25) is 5.91 Å². The minimum atomic E-state index is 0.183. The molecule has 3 fully saturated rings. The van der Waals surface area contributed by atoms with E-state index >= 15 is 0 Å². The monoisotopic (exact) mass is 418 g/mol. The highest BCUT2D eigenvalue weighted by Crippen LogP contribution is 2.54. The number of hydrogen-bond donors (Lipinski definition) is 1. The molecule has 1 amide bonds. The fourth-order valence-electron chi connectivity index (χ4n) is 4.83. The van der Waals surface area contributed by atoms with Gasteiger partial charge in [0.05, 0.1) is 11.6 Å². The molecule has 0 radical (unpaired) electrons. The van der Waals surface area contributed by atoms with Crippen molar-refractivity contribution in [3.8, 4) is 11.4 Å². The molecule has 2 saturated carbocycles. The van der Waals surface area contributed by atoms with Crippen LogP contribution in [0.4, 0.5) is 5.82 Å². The molecule has 160 valence electrons. The van der Waals surface area contributed by atoms with E-state index in [9.17, 15) is 4.79 Å². The molecule has 4 heterocycles. The lowest BCUT2D eigenvalue weighted by atomic mass is 10.0. The summed E-state index contributed by atoms with van der Waals surface area (Å²) in [5, 5.41) is 3.65. The molecule has 31 heavy (non-hydrogen) atoms. The predicted molar refractivity (Wildman–Crippen MR) is 115 cm³/mol. The summed E-state index contributed by atoms with van der Waals surface area (Å²) in [5.74, 6) is 2.86. The Bertz CT molecular complexity index is 1160. The molecule has 1 N–H and O–H groups in total. The number of aryl methyl sites for hydroxylation is 2. The number of aromatic nitrogens is 6. The van der Waals surface area contributed by atoms with E-state index in [1.807, 2.05) is 6.92 Å². The molecule has 1 spiro atoms. The van der Waals surface area contributed by atoms with Crippen LogP contribution in [0.3, 0.4) is 0 Å². The van der Waals surface area contributed by atoms with Crippen molar-refractivity contribution in [2.45, 2.75) is 52.1 Å². The highest BCUT2D eigenvalue weighted by Gasteiger charge is 2.57. The molecule has 1 saturated heterocycles. The summed E-state index contributed by atoms with van der Waals surface area (Å²) in [4.78, 5) is 37.3. The number of amides is 1. The highest BCUT2D eigenvalue weighted by molar-refractivity contribution is 5.87. The fraction of sp³-hybridized carbons (Fsp3) is 0.545. The number of hydrogen-bond acceptors (Lipinski definition) is 7. The maximum Gasteiger partial charge on any atom is 0.225 e. The lowest BCUT2D eigenvalue weighted by molar-refractivity contribution is -0.131. The van der Waals surface area contributed by atoms with Crippen molar-refractivity contribution in [3.05, 3.63) is 24.5 Å². The van der Waals surface area contributed by atoms with E-state index in [0.717, 1.165) is 79.5 Å². The topological polar surface area (TPSA) is 102 Å². The number of nitrogens with one attached hydrogen (secondary N) is 1. The fourth-order valence-corrected chi connectivity index (χ4v) is 4.83. The van der Waals surface area contributed by atoms with Crippen LogP contribution in [0.1, 0.15) is 38.4 Å². The molecule has 3 aliphatic rings. The summed E-state index contributed by atoms with van der Waals surface area (Å²) in [6.45, 7) is 6.28. The lowest BCUT2D eigenvalue weighted by Crippen LogP contribution is -2.33. The van der Waals surface area contributed by atoms with Crippen LogP contribution in [0.2, 0.25) is 0 Å². The van der Waals surface area contributed by atoms with Crippen LogP contribution >= 0.6 is 0 Å². The van der Waals surface area contributed by atoms with E-state index in [1.54, 1.807) is 18.7 Å². The average molecular weight is 419 g/mol. The second-order valence-corrected chi connectivity index (χ2v) is 9.15. The standard InChI is InChI=1S/C22H26N8O/c1-3-30-19(15-8-23-13(2)24-9-15)28-17-18(25-12-26-20(17)30)27-16-10-29(11-22(16)6-7-22)21(31)14-4-5-14/h8-9,12,14,16H,3-7,10-11H2,1-2H3,(H,25,26,27). The maximum atomic E-state index is 12.6. The average Bonchev–Trinajstić information content (AvgIpc) is 3.68. The Morgan fingerprint density at radius 3 is 2.65 bits per heavy atom. The molecule has 3 aromatic heterocycles. The minimum absolute atomic E-state index is 0.183. The number of carbonyl (C=O) groups is 1. The molecule has 9 nitrogen and oxygen atoms in total. The van der Waals surface area contributed by atoms with Gasteiger partial charge in [-0.3, -0.25) is 4.79 Å². The summed E-state index contributed by atoms with van der Waals surface area (Å²) in [5.41, 5.74) is 2.59. The summed E-state index contributed by atoms with van der Waals surface area (Å²) in [6, 6.07) is 0.200. The van der Waals surface area contributed by atoms with Gasteiger partial charge in [-0.2, -0.15) is 0 Å². The van der Waals surface area contributed by atoms with Gasteiger partial charge in [-0.1, -0.05) is 0 Å². The summed E-state index contributed by atoms with van der Waals surface area (Å²) < 4.78 is 2.07. The molecular weight excluding hydrogens is 392 g/mol. The zero-order valence-electron chi connectivity index (χ0n) is 17.9. The Morgan fingerprint density at radius 1 is 1.19 bits per heavy atom. The molecule has 0 aromatic carbocycles. The zero-order valence-corrected chi connectivity index (χ0v) is 17.9. The van der Waals surface area contributed by atoms with Crippen LogP contribution in [0.5, 0.6) is 0 Å². The van der Waals surface area contributed by atoms with E-state index in [-0.39, 0.29) is 17.4 Å². The Balaban J connectivity index is 1.34. The van der Waals surface area contributed by atoms with E-state index in [1.165, 1.54) is 0 Å². The second-order valence-electron chi connectivity index (χ2n) is 9.15. The lowest BCUT2D eigenvalue weighted by Gasteiger charge is -2.19. The van der Waals surface area contributed by atoms with Gasteiger partial charge in [0.15, 0.2) is 17.0 Å². The molecular formula is C22H26N8O. The SMILES string of the molecule is CCn1c(-c2cnc(C)nc2)nc2c(NC3CN(C(=O)C4CC4)CC34CC4)ncnc21. The van der Waals surface area contributed by atoms with E-state index in [4.69, 9.17) is 4.98 Å².